The minimum absolute atomic E-state index is 0.0720. The van der Waals surface area contributed by atoms with Gasteiger partial charge < -0.3 is 16.0 Å². The molecule has 3 N–H and O–H groups in total. The molecule has 2 aromatic rings. The van der Waals surface area contributed by atoms with Gasteiger partial charge in [-0.15, -0.1) is 10.2 Å². The summed E-state index contributed by atoms with van der Waals surface area (Å²) >= 11 is 0. The number of aromatic nitrogens is 3. The third-order valence-corrected chi connectivity index (χ3v) is 2.93. The molecule has 0 radical (unpaired) electrons. The van der Waals surface area contributed by atoms with Crippen molar-refractivity contribution in [2.75, 3.05) is 23.7 Å². The van der Waals surface area contributed by atoms with Crippen molar-refractivity contribution in [1.82, 2.24) is 20.5 Å². The molecule has 2 aromatic heterocycles. The van der Waals surface area contributed by atoms with Crippen molar-refractivity contribution in [1.29, 1.82) is 0 Å². The van der Waals surface area contributed by atoms with Gasteiger partial charge in [-0.3, -0.25) is 4.79 Å². The van der Waals surface area contributed by atoms with E-state index < -0.39 is 0 Å². The summed E-state index contributed by atoms with van der Waals surface area (Å²) in [5.74, 6) is 2.44. The van der Waals surface area contributed by atoms with Gasteiger partial charge in [0, 0.05) is 25.7 Å². The molecular weight excluding hydrogens is 292 g/mol. The van der Waals surface area contributed by atoms with Crippen molar-refractivity contribution >= 4 is 23.4 Å². The first kappa shape index (κ1) is 16.7. The summed E-state index contributed by atoms with van der Waals surface area (Å²) in [6.45, 7) is 5.20. The quantitative estimate of drug-likeness (QED) is 0.647. The second kappa shape index (κ2) is 8.67. The molecule has 2 heterocycles. The third-order valence-electron chi connectivity index (χ3n) is 2.93. The highest BCUT2D eigenvalue weighted by Crippen LogP contribution is 2.11. The average molecular weight is 314 g/mol. The summed E-state index contributed by atoms with van der Waals surface area (Å²) in [5.41, 5.74) is 0. The predicted molar refractivity (Wildman–Crippen MR) is 90.5 cm³/mol. The summed E-state index contributed by atoms with van der Waals surface area (Å²) in [4.78, 5) is 15.7. The highest BCUT2D eigenvalue weighted by Gasteiger charge is 2.03. The Labute approximate surface area is 135 Å². The number of carbonyl (C=O) groups is 1. The van der Waals surface area contributed by atoms with Crippen LogP contribution in [0.3, 0.4) is 0 Å². The molecule has 0 unspecified atom stereocenters. The van der Waals surface area contributed by atoms with Gasteiger partial charge in [0.05, 0.1) is 0 Å². The number of anilines is 3. The molecule has 0 aliphatic carbocycles. The van der Waals surface area contributed by atoms with Crippen LogP contribution in [0.5, 0.6) is 0 Å². The first-order valence-electron chi connectivity index (χ1n) is 7.66. The molecule has 0 aliphatic heterocycles. The molecule has 1 amide bonds. The van der Waals surface area contributed by atoms with E-state index in [4.69, 9.17) is 0 Å². The standard InChI is InChI=1S/C16H22N6O/c1-12(2)11-16(23)19-10-9-18-14-6-7-15(22-21-14)20-13-5-3-4-8-17-13/h3-8,12H,9-11H2,1-2H3,(H,18,21)(H,19,23)(H,17,20,22). The van der Waals surface area contributed by atoms with Crippen LogP contribution in [0.1, 0.15) is 20.3 Å². The van der Waals surface area contributed by atoms with Crippen molar-refractivity contribution < 1.29 is 4.79 Å². The summed E-state index contributed by atoms with van der Waals surface area (Å²) in [5, 5.41) is 17.2. The molecule has 7 heteroatoms. The van der Waals surface area contributed by atoms with Crippen LogP contribution in [-0.2, 0) is 4.79 Å². The van der Waals surface area contributed by atoms with Gasteiger partial charge in [0.1, 0.15) is 11.6 Å². The maximum absolute atomic E-state index is 11.5. The molecule has 0 bridgehead atoms. The van der Waals surface area contributed by atoms with Crippen LogP contribution >= 0.6 is 0 Å². The normalized spacial score (nSPS) is 10.4. The molecule has 0 atom stereocenters. The fourth-order valence-electron chi connectivity index (χ4n) is 1.90. The van der Waals surface area contributed by atoms with E-state index in [0.29, 0.717) is 37.1 Å². The Bertz CT molecular complexity index is 600. The second-order valence-electron chi connectivity index (χ2n) is 5.52. The number of rotatable bonds is 8. The van der Waals surface area contributed by atoms with E-state index in [1.54, 1.807) is 6.20 Å². The first-order chi connectivity index (χ1) is 11.1. The molecule has 0 fully saturated rings. The number of nitrogens with one attached hydrogen (secondary N) is 3. The van der Waals surface area contributed by atoms with Gasteiger partial charge >= 0.3 is 0 Å². The Morgan fingerprint density at radius 3 is 2.48 bits per heavy atom. The molecule has 0 saturated heterocycles. The van der Waals surface area contributed by atoms with E-state index in [1.165, 1.54) is 0 Å². The lowest BCUT2D eigenvalue weighted by atomic mass is 10.1. The molecule has 0 saturated carbocycles. The Morgan fingerprint density at radius 1 is 1.04 bits per heavy atom. The number of pyridine rings is 1. The highest BCUT2D eigenvalue weighted by atomic mass is 16.1. The Morgan fingerprint density at radius 2 is 1.83 bits per heavy atom. The summed E-state index contributed by atoms with van der Waals surface area (Å²) < 4.78 is 0. The van der Waals surface area contributed by atoms with Crippen LogP contribution in [0, 0.1) is 5.92 Å². The van der Waals surface area contributed by atoms with Crippen molar-refractivity contribution in [2.24, 2.45) is 5.92 Å². The monoisotopic (exact) mass is 314 g/mol. The van der Waals surface area contributed by atoms with Crippen molar-refractivity contribution in [2.45, 2.75) is 20.3 Å². The van der Waals surface area contributed by atoms with E-state index in [-0.39, 0.29) is 5.91 Å². The largest absolute Gasteiger partial charge is 0.367 e. The fourth-order valence-corrected chi connectivity index (χ4v) is 1.90. The predicted octanol–water partition coefficient (Wildman–Crippen LogP) is 2.19. The van der Waals surface area contributed by atoms with E-state index in [1.807, 2.05) is 44.2 Å². The lowest BCUT2D eigenvalue weighted by Crippen LogP contribution is -2.29. The van der Waals surface area contributed by atoms with Crippen molar-refractivity contribution in [3.8, 4) is 0 Å². The lowest BCUT2D eigenvalue weighted by molar-refractivity contribution is -0.121. The summed E-state index contributed by atoms with van der Waals surface area (Å²) in [6.07, 6.45) is 2.26. The highest BCUT2D eigenvalue weighted by molar-refractivity contribution is 5.76. The summed E-state index contributed by atoms with van der Waals surface area (Å²) in [7, 11) is 0. The zero-order valence-corrected chi connectivity index (χ0v) is 13.4. The minimum atomic E-state index is 0.0720. The third kappa shape index (κ3) is 6.29. The topological polar surface area (TPSA) is 91.8 Å². The maximum atomic E-state index is 11.5. The zero-order chi connectivity index (χ0) is 16.5. The van der Waals surface area contributed by atoms with Crippen LogP contribution in [0.25, 0.3) is 0 Å². The van der Waals surface area contributed by atoms with E-state index >= 15 is 0 Å². The second-order valence-corrected chi connectivity index (χ2v) is 5.52. The van der Waals surface area contributed by atoms with Gasteiger partial charge in [-0.1, -0.05) is 19.9 Å². The average Bonchev–Trinajstić information content (AvgIpc) is 2.53. The zero-order valence-electron chi connectivity index (χ0n) is 13.4. The first-order valence-corrected chi connectivity index (χ1v) is 7.66. The number of nitrogens with zero attached hydrogens (tertiary/aromatic N) is 3. The SMILES string of the molecule is CC(C)CC(=O)NCCNc1ccc(Nc2ccccn2)nn1. The van der Waals surface area contributed by atoms with Gasteiger partial charge in [0.25, 0.3) is 0 Å². The smallest absolute Gasteiger partial charge is 0.220 e. The Kier molecular flexibility index (Phi) is 6.28. The molecule has 7 nitrogen and oxygen atoms in total. The van der Waals surface area contributed by atoms with Crippen LogP contribution < -0.4 is 16.0 Å². The number of amides is 1. The minimum Gasteiger partial charge on any atom is -0.367 e. The fraction of sp³-hybridized carbons (Fsp3) is 0.375. The lowest BCUT2D eigenvalue weighted by Gasteiger charge is -2.09. The van der Waals surface area contributed by atoms with Gasteiger partial charge in [-0.05, 0) is 30.2 Å². The van der Waals surface area contributed by atoms with Crippen LogP contribution in [0.2, 0.25) is 0 Å². The number of hydrogen-bond acceptors (Lipinski definition) is 6. The van der Waals surface area contributed by atoms with Gasteiger partial charge in [0.15, 0.2) is 5.82 Å². The molecule has 122 valence electrons. The molecule has 0 aromatic carbocycles. The maximum Gasteiger partial charge on any atom is 0.220 e. The Balaban J connectivity index is 1.72. The van der Waals surface area contributed by atoms with E-state index in [2.05, 4.69) is 31.1 Å². The Hall–Kier alpha value is -2.70. The van der Waals surface area contributed by atoms with Crippen LogP contribution in [-0.4, -0.2) is 34.2 Å². The van der Waals surface area contributed by atoms with Crippen LogP contribution in [0.4, 0.5) is 17.5 Å². The van der Waals surface area contributed by atoms with E-state index in [9.17, 15) is 4.79 Å². The molecular formula is C16H22N6O. The molecule has 23 heavy (non-hydrogen) atoms. The van der Waals surface area contributed by atoms with Crippen molar-refractivity contribution in [3.05, 3.63) is 36.5 Å². The summed E-state index contributed by atoms with van der Waals surface area (Å²) in [6, 6.07) is 9.25. The van der Waals surface area contributed by atoms with Gasteiger partial charge in [-0.25, -0.2) is 4.98 Å². The van der Waals surface area contributed by atoms with Gasteiger partial charge in [0.2, 0.25) is 5.91 Å². The van der Waals surface area contributed by atoms with Crippen LogP contribution in [0.15, 0.2) is 36.5 Å². The van der Waals surface area contributed by atoms with E-state index in [0.717, 1.165) is 5.82 Å². The number of hydrogen-bond donors (Lipinski definition) is 3. The molecule has 0 aliphatic rings. The molecule has 2 rings (SSSR count). The van der Waals surface area contributed by atoms with Crippen molar-refractivity contribution in [3.63, 3.8) is 0 Å². The number of carbonyl (C=O) groups excluding carboxylic acids is 1. The molecule has 0 spiro atoms. The van der Waals surface area contributed by atoms with Gasteiger partial charge in [-0.2, -0.15) is 0 Å².